The Morgan fingerprint density at radius 2 is 1.39 bits per heavy atom. The van der Waals surface area contributed by atoms with E-state index in [4.69, 9.17) is 0 Å². The number of hydrogen-bond acceptors (Lipinski definition) is 5. The van der Waals surface area contributed by atoms with E-state index < -0.39 is 0 Å². The highest BCUT2D eigenvalue weighted by atomic mass is 32.2. The van der Waals surface area contributed by atoms with Gasteiger partial charge in [0, 0.05) is 21.2 Å². The van der Waals surface area contributed by atoms with Crippen LogP contribution in [0.2, 0.25) is 0 Å². The molecule has 0 aliphatic rings. The van der Waals surface area contributed by atoms with Crippen molar-refractivity contribution in [2.75, 3.05) is 10.6 Å². The number of nitrogens with one attached hydrogen (secondary N) is 2. The van der Waals surface area contributed by atoms with Crippen LogP contribution in [0, 0.1) is 13.8 Å². The van der Waals surface area contributed by atoms with Gasteiger partial charge >= 0.3 is 0 Å². The van der Waals surface area contributed by atoms with E-state index >= 15 is 0 Å². The molecular weight excluding hydrogens is 404 g/mol. The van der Waals surface area contributed by atoms with Gasteiger partial charge in [0.2, 0.25) is 5.95 Å². The summed E-state index contributed by atoms with van der Waals surface area (Å²) in [6.07, 6.45) is 0. The van der Waals surface area contributed by atoms with Crippen LogP contribution >= 0.6 is 11.8 Å². The van der Waals surface area contributed by atoms with E-state index in [1.807, 2.05) is 92.7 Å². The first-order chi connectivity index (χ1) is 15.1. The SMILES string of the molecule is Cc1cc(C)nc(Nc2ccccc2C(=O)Nc2ccccc2Sc2ccccc2)n1. The fourth-order valence-corrected chi connectivity index (χ4v) is 4.08. The second-order valence-electron chi connectivity index (χ2n) is 7.01. The van der Waals surface area contributed by atoms with Gasteiger partial charge in [0.15, 0.2) is 0 Å². The lowest BCUT2D eigenvalue weighted by atomic mass is 10.1. The minimum Gasteiger partial charge on any atom is -0.323 e. The fraction of sp³-hybridized carbons (Fsp3) is 0.0800. The molecule has 0 spiro atoms. The zero-order chi connectivity index (χ0) is 21.6. The molecule has 2 N–H and O–H groups in total. The topological polar surface area (TPSA) is 66.9 Å². The lowest BCUT2D eigenvalue weighted by Gasteiger charge is -2.14. The van der Waals surface area contributed by atoms with Crippen LogP contribution in [-0.2, 0) is 0 Å². The lowest BCUT2D eigenvalue weighted by Crippen LogP contribution is -2.15. The van der Waals surface area contributed by atoms with Crippen molar-refractivity contribution >= 4 is 35.0 Å². The van der Waals surface area contributed by atoms with Crippen molar-refractivity contribution < 1.29 is 4.79 Å². The standard InChI is InChI=1S/C25H22N4OS/c1-17-16-18(2)27-25(26-17)29-21-13-7-6-12-20(21)24(30)28-22-14-8-9-15-23(22)31-19-10-4-3-5-11-19/h3-16H,1-2H3,(H,28,30)(H,26,27,29). The summed E-state index contributed by atoms with van der Waals surface area (Å²) in [5.41, 5.74) is 3.66. The maximum atomic E-state index is 13.2. The van der Waals surface area contributed by atoms with Gasteiger partial charge in [-0.05, 0) is 56.3 Å². The molecule has 0 unspecified atom stereocenters. The van der Waals surface area contributed by atoms with Crippen molar-refractivity contribution in [2.24, 2.45) is 0 Å². The van der Waals surface area contributed by atoms with Crippen molar-refractivity contribution in [3.63, 3.8) is 0 Å². The van der Waals surface area contributed by atoms with E-state index in [1.165, 1.54) is 0 Å². The fourth-order valence-electron chi connectivity index (χ4n) is 3.16. The molecule has 0 saturated carbocycles. The summed E-state index contributed by atoms with van der Waals surface area (Å²) in [5, 5.41) is 6.24. The third kappa shape index (κ3) is 5.29. The van der Waals surface area contributed by atoms with Crippen molar-refractivity contribution in [1.82, 2.24) is 9.97 Å². The van der Waals surface area contributed by atoms with Crippen molar-refractivity contribution in [1.29, 1.82) is 0 Å². The Kier molecular flexibility index (Phi) is 6.29. The number of nitrogens with zero attached hydrogens (tertiary/aromatic N) is 2. The predicted octanol–water partition coefficient (Wildman–Crippen LogP) is 6.24. The van der Waals surface area contributed by atoms with Crippen molar-refractivity contribution in [3.8, 4) is 0 Å². The van der Waals surface area contributed by atoms with Gasteiger partial charge in [-0.25, -0.2) is 9.97 Å². The van der Waals surface area contributed by atoms with Crippen LogP contribution < -0.4 is 10.6 Å². The monoisotopic (exact) mass is 426 g/mol. The van der Waals surface area contributed by atoms with E-state index in [0.717, 1.165) is 26.9 Å². The number of anilines is 3. The van der Waals surface area contributed by atoms with Gasteiger partial charge < -0.3 is 10.6 Å². The number of carbonyl (C=O) groups is 1. The van der Waals surface area contributed by atoms with E-state index in [1.54, 1.807) is 17.8 Å². The second-order valence-corrected chi connectivity index (χ2v) is 8.13. The van der Waals surface area contributed by atoms with E-state index in [0.29, 0.717) is 17.2 Å². The average Bonchev–Trinajstić information content (AvgIpc) is 2.75. The maximum Gasteiger partial charge on any atom is 0.257 e. The molecule has 4 aromatic rings. The van der Waals surface area contributed by atoms with Crippen molar-refractivity contribution in [3.05, 3.63) is 102 Å². The van der Waals surface area contributed by atoms with E-state index in [9.17, 15) is 4.79 Å². The number of amides is 1. The minimum absolute atomic E-state index is 0.200. The highest BCUT2D eigenvalue weighted by Gasteiger charge is 2.14. The third-order valence-electron chi connectivity index (χ3n) is 4.51. The van der Waals surface area contributed by atoms with Crippen LogP contribution in [0.5, 0.6) is 0 Å². The summed E-state index contributed by atoms with van der Waals surface area (Å²) in [6.45, 7) is 3.83. The molecule has 5 nitrogen and oxygen atoms in total. The number of carbonyl (C=O) groups excluding carboxylic acids is 1. The van der Waals surface area contributed by atoms with Gasteiger partial charge in [-0.1, -0.05) is 54.2 Å². The smallest absolute Gasteiger partial charge is 0.257 e. The van der Waals surface area contributed by atoms with Gasteiger partial charge in [-0.2, -0.15) is 0 Å². The Bertz CT molecular complexity index is 1190. The highest BCUT2D eigenvalue weighted by molar-refractivity contribution is 7.99. The Hall–Kier alpha value is -3.64. The summed E-state index contributed by atoms with van der Waals surface area (Å²) < 4.78 is 0. The summed E-state index contributed by atoms with van der Waals surface area (Å²) in [5.74, 6) is 0.270. The summed E-state index contributed by atoms with van der Waals surface area (Å²) >= 11 is 1.61. The number of benzene rings is 3. The van der Waals surface area contributed by atoms with Crippen LogP contribution in [0.1, 0.15) is 21.7 Å². The molecule has 0 fully saturated rings. The molecular formula is C25H22N4OS. The number of hydrogen-bond donors (Lipinski definition) is 2. The van der Waals surface area contributed by atoms with Gasteiger partial charge in [-0.3, -0.25) is 4.79 Å². The number of aromatic nitrogens is 2. The Balaban J connectivity index is 1.58. The molecule has 1 aromatic heterocycles. The Morgan fingerprint density at radius 1 is 0.774 bits per heavy atom. The zero-order valence-electron chi connectivity index (χ0n) is 17.3. The molecule has 0 saturated heterocycles. The first-order valence-corrected chi connectivity index (χ1v) is 10.7. The van der Waals surface area contributed by atoms with Gasteiger partial charge in [0.1, 0.15) is 0 Å². The van der Waals surface area contributed by atoms with Crippen LogP contribution in [0.4, 0.5) is 17.3 Å². The molecule has 31 heavy (non-hydrogen) atoms. The number of aryl methyl sites for hydroxylation is 2. The third-order valence-corrected chi connectivity index (χ3v) is 5.59. The first kappa shape index (κ1) is 20.6. The van der Waals surface area contributed by atoms with Crippen molar-refractivity contribution in [2.45, 2.75) is 23.6 Å². The molecule has 154 valence electrons. The number of para-hydroxylation sites is 2. The molecule has 1 amide bonds. The normalized spacial score (nSPS) is 10.5. The number of rotatable bonds is 6. The van der Waals surface area contributed by atoms with Crippen LogP contribution in [0.3, 0.4) is 0 Å². The molecule has 1 heterocycles. The molecule has 4 rings (SSSR count). The lowest BCUT2D eigenvalue weighted by molar-refractivity contribution is 0.102. The minimum atomic E-state index is -0.200. The summed E-state index contributed by atoms with van der Waals surface area (Å²) in [4.78, 5) is 24.1. The largest absolute Gasteiger partial charge is 0.323 e. The van der Waals surface area contributed by atoms with Gasteiger partial charge in [0.05, 0.1) is 16.9 Å². The van der Waals surface area contributed by atoms with Crippen LogP contribution in [0.15, 0.2) is 94.7 Å². The van der Waals surface area contributed by atoms with E-state index in [-0.39, 0.29) is 5.91 Å². The van der Waals surface area contributed by atoms with E-state index in [2.05, 4.69) is 20.6 Å². The molecule has 0 radical (unpaired) electrons. The molecule has 3 aromatic carbocycles. The molecule has 6 heteroatoms. The molecule has 0 bridgehead atoms. The second kappa shape index (κ2) is 9.45. The van der Waals surface area contributed by atoms with Gasteiger partial charge in [-0.15, -0.1) is 0 Å². The Morgan fingerprint density at radius 3 is 2.13 bits per heavy atom. The quantitative estimate of drug-likeness (QED) is 0.382. The zero-order valence-corrected chi connectivity index (χ0v) is 18.1. The predicted molar refractivity (Wildman–Crippen MR) is 126 cm³/mol. The van der Waals surface area contributed by atoms with Crippen LogP contribution in [-0.4, -0.2) is 15.9 Å². The maximum absolute atomic E-state index is 13.2. The highest BCUT2D eigenvalue weighted by Crippen LogP contribution is 2.33. The van der Waals surface area contributed by atoms with Crippen LogP contribution in [0.25, 0.3) is 0 Å². The molecule has 0 aliphatic heterocycles. The molecule has 0 atom stereocenters. The summed E-state index contributed by atoms with van der Waals surface area (Å²) in [7, 11) is 0. The van der Waals surface area contributed by atoms with Gasteiger partial charge in [0.25, 0.3) is 5.91 Å². The first-order valence-electron chi connectivity index (χ1n) is 9.90. The Labute approximate surface area is 186 Å². The summed E-state index contributed by atoms with van der Waals surface area (Å²) in [6, 6.07) is 27.1. The average molecular weight is 427 g/mol. The molecule has 0 aliphatic carbocycles.